The van der Waals surface area contributed by atoms with E-state index < -0.39 is 0 Å². The summed E-state index contributed by atoms with van der Waals surface area (Å²) in [6, 6.07) is 1.56. The molecule has 110 valence electrons. The van der Waals surface area contributed by atoms with Gasteiger partial charge in [-0.1, -0.05) is 38.5 Å². The highest BCUT2D eigenvalue weighted by Crippen LogP contribution is 2.53. The van der Waals surface area contributed by atoms with Crippen molar-refractivity contribution in [1.82, 2.24) is 5.32 Å². The van der Waals surface area contributed by atoms with E-state index >= 15 is 0 Å². The van der Waals surface area contributed by atoms with Crippen LogP contribution in [0, 0.1) is 5.41 Å². The van der Waals surface area contributed by atoms with E-state index in [1.807, 2.05) is 0 Å². The third kappa shape index (κ3) is 2.71. The molecule has 0 aliphatic heterocycles. The van der Waals surface area contributed by atoms with Crippen LogP contribution in [0.3, 0.4) is 0 Å². The number of nitrogens with one attached hydrogen (secondary N) is 1. The Morgan fingerprint density at radius 2 is 1.68 bits per heavy atom. The van der Waals surface area contributed by atoms with Crippen LogP contribution in [0.2, 0.25) is 0 Å². The molecule has 0 bridgehead atoms. The fourth-order valence-electron chi connectivity index (χ4n) is 4.85. The van der Waals surface area contributed by atoms with E-state index in [0.717, 1.165) is 18.7 Å². The summed E-state index contributed by atoms with van der Waals surface area (Å²) in [4.78, 5) is 0. The molecular weight excluding hydrogens is 234 g/mol. The van der Waals surface area contributed by atoms with Crippen molar-refractivity contribution in [2.75, 3.05) is 6.61 Å². The van der Waals surface area contributed by atoms with Crippen molar-refractivity contribution < 1.29 is 4.74 Å². The Balaban J connectivity index is 1.60. The second kappa shape index (κ2) is 6.13. The maximum absolute atomic E-state index is 6.05. The highest BCUT2D eigenvalue weighted by Gasteiger charge is 2.55. The lowest BCUT2D eigenvalue weighted by Gasteiger charge is -2.59. The fraction of sp³-hybridized carbons (Fsp3) is 1.00. The first kappa shape index (κ1) is 13.9. The SMILES string of the molecule is CCOC1CC(NC2CCCCC2)C12CCCCC2. The molecule has 3 fully saturated rings. The predicted octanol–water partition coefficient (Wildman–Crippen LogP) is 4.04. The van der Waals surface area contributed by atoms with Gasteiger partial charge in [0, 0.05) is 24.1 Å². The Bertz CT molecular complexity index is 279. The van der Waals surface area contributed by atoms with Crippen molar-refractivity contribution in [3.05, 3.63) is 0 Å². The van der Waals surface area contributed by atoms with E-state index in [9.17, 15) is 0 Å². The van der Waals surface area contributed by atoms with Crippen LogP contribution in [0.25, 0.3) is 0 Å². The standard InChI is InChI=1S/C17H31NO/c1-2-19-16-13-15(17(16)11-7-4-8-12-17)18-14-9-5-3-6-10-14/h14-16,18H,2-13H2,1H3. The minimum atomic E-state index is 0.506. The van der Waals surface area contributed by atoms with Gasteiger partial charge in [0.15, 0.2) is 0 Å². The lowest BCUT2D eigenvalue weighted by Crippen LogP contribution is -2.66. The van der Waals surface area contributed by atoms with Gasteiger partial charge < -0.3 is 10.1 Å². The average molecular weight is 265 g/mol. The smallest absolute Gasteiger partial charge is 0.0661 e. The summed E-state index contributed by atoms with van der Waals surface area (Å²) in [6.07, 6.45) is 16.1. The number of ether oxygens (including phenoxy) is 1. The molecule has 0 amide bonds. The largest absolute Gasteiger partial charge is 0.378 e. The minimum Gasteiger partial charge on any atom is -0.378 e. The Hall–Kier alpha value is -0.0800. The van der Waals surface area contributed by atoms with Crippen molar-refractivity contribution in [3.8, 4) is 0 Å². The van der Waals surface area contributed by atoms with Crippen LogP contribution in [-0.2, 0) is 4.74 Å². The molecular formula is C17H31NO. The number of hydrogen-bond acceptors (Lipinski definition) is 2. The molecule has 2 heteroatoms. The first-order chi connectivity index (χ1) is 9.35. The molecule has 1 N–H and O–H groups in total. The van der Waals surface area contributed by atoms with Crippen LogP contribution in [0.5, 0.6) is 0 Å². The Labute approximate surface area is 118 Å². The molecule has 19 heavy (non-hydrogen) atoms. The van der Waals surface area contributed by atoms with Crippen LogP contribution in [0.1, 0.15) is 77.6 Å². The molecule has 0 aromatic carbocycles. The topological polar surface area (TPSA) is 21.3 Å². The number of hydrogen-bond donors (Lipinski definition) is 1. The average Bonchev–Trinajstić information content (AvgIpc) is 2.48. The van der Waals surface area contributed by atoms with Gasteiger partial charge in [-0.2, -0.15) is 0 Å². The van der Waals surface area contributed by atoms with Crippen molar-refractivity contribution in [1.29, 1.82) is 0 Å². The summed E-state index contributed by atoms with van der Waals surface area (Å²) >= 11 is 0. The molecule has 0 radical (unpaired) electrons. The van der Waals surface area contributed by atoms with E-state index in [2.05, 4.69) is 12.2 Å². The van der Waals surface area contributed by atoms with E-state index in [-0.39, 0.29) is 0 Å². The van der Waals surface area contributed by atoms with Crippen LogP contribution in [0.15, 0.2) is 0 Å². The van der Waals surface area contributed by atoms with Gasteiger partial charge in [-0.3, -0.25) is 0 Å². The highest BCUT2D eigenvalue weighted by molar-refractivity contribution is 5.09. The maximum atomic E-state index is 6.05. The zero-order valence-corrected chi connectivity index (χ0v) is 12.6. The Kier molecular flexibility index (Phi) is 4.48. The van der Waals surface area contributed by atoms with Gasteiger partial charge in [0.1, 0.15) is 0 Å². The summed E-state index contributed by atoms with van der Waals surface area (Å²) in [7, 11) is 0. The fourth-order valence-corrected chi connectivity index (χ4v) is 4.85. The second-order valence-corrected chi connectivity index (χ2v) is 7.03. The summed E-state index contributed by atoms with van der Waals surface area (Å²) in [5, 5.41) is 4.02. The minimum absolute atomic E-state index is 0.506. The van der Waals surface area contributed by atoms with Gasteiger partial charge >= 0.3 is 0 Å². The van der Waals surface area contributed by atoms with E-state index in [0.29, 0.717) is 11.5 Å². The summed E-state index contributed by atoms with van der Waals surface area (Å²) < 4.78 is 6.05. The summed E-state index contributed by atoms with van der Waals surface area (Å²) in [5.74, 6) is 0. The summed E-state index contributed by atoms with van der Waals surface area (Å²) in [6.45, 7) is 3.04. The molecule has 3 saturated carbocycles. The van der Waals surface area contributed by atoms with Crippen LogP contribution < -0.4 is 5.32 Å². The molecule has 2 nitrogen and oxygen atoms in total. The molecule has 1 spiro atoms. The van der Waals surface area contributed by atoms with E-state index in [1.54, 1.807) is 0 Å². The normalized spacial score (nSPS) is 35.2. The molecule has 0 saturated heterocycles. The quantitative estimate of drug-likeness (QED) is 0.828. The van der Waals surface area contributed by atoms with Crippen molar-refractivity contribution in [3.63, 3.8) is 0 Å². The van der Waals surface area contributed by atoms with Crippen molar-refractivity contribution >= 4 is 0 Å². The lowest BCUT2D eigenvalue weighted by atomic mass is 9.55. The van der Waals surface area contributed by atoms with E-state index in [1.165, 1.54) is 70.6 Å². The third-order valence-electron chi connectivity index (χ3n) is 5.98. The molecule has 3 aliphatic rings. The van der Waals surface area contributed by atoms with E-state index in [4.69, 9.17) is 4.74 Å². The van der Waals surface area contributed by atoms with Crippen LogP contribution in [-0.4, -0.2) is 24.8 Å². The monoisotopic (exact) mass is 265 g/mol. The first-order valence-electron chi connectivity index (χ1n) is 8.73. The van der Waals surface area contributed by atoms with Gasteiger partial charge in [-0.05, 0) is 39.0 Å². The molecule has 3 rings (SSSR count). The van der Waals surface area contributed by atoms with Gasteiger partial charge in [0.25, 0.3) is 0 Å². The van der Waals surface area contributed by atoms with Crippen molar-refractivity contribution in [2.24, 2.45) is 5.41 Å². The molecule has 3 aliphatic carbocycles. The lowest BCUT2D eigenvalue weighted by molar-refractivity contribution is -0.152. The third-order valence-corrected chi connectivity index (χ3v) is 5.98. The van der Waals surface area contributed by atoms with Gasteiger partial charge in [-0.25, -0.2) is 0 Å². The molecule has 0 aromatic heterocycles. The summed E-state index contributed by atoms with van der Waals surface area (Å²) in [5.41, 5.74) is 0.506. The molecule has 2 unspecified atom stereocenters. The van der Waals surface area contributed by atoms with Crippen LogP contribution >= 0.6 is 0 Å². The highest BCUT2D eigenvalue weighted by atomic mass is 16.5. The van der Waals surface area contributed by atoms with Crippen LogP contribution in [0.4, 0.5) is 0 Å². The Morgan fingerprint density at radius 3 is 2.37 bits per heavy atom. The second-order valence-electron chi connectivity index (χ2n) is 7.03. The molecule has 0 heterocycles. The molecule has 2 atom stereocenters. The maximum Gasteiger partial charge on any atom is 0.0661 e. The van der Waals surface area contributed by atoms with Gasteiger partial charge in [-0.15, -0.1) is 0 Å². The first-order valence-corrected chi connectivity index (χ1v) is 8.73. The number of rotatable bonds is 4. The predicted molar refractivity (Wildman–Crippen MR) is 79.3 cm³/mol. The van der Waals surface area contributed by atoms with Gasteiger partial charge in [0.2, 0.25) is 0 Å². The zero-order valence-electron chi connectivity index (χ0n) is 12.6. The Morgan fingerprint density at radius 1 is 1.00 bits per heavy atom. The van der Waals surface area contributed by atoms with Crippen molar-refractivity contribution in [2.45, 2.75) is 95.7 Å². The molecule has 0 aromatic rings. The van der Waals surface area contributed by atoms with Gasteiger partial charge in [0.05, 0.1) is 6.10 Å². The zero-order chi connectivity index (χ0) is 13.1.